The van der Waals surface area contributed by atoms with Gasteiger partial charge < -0.3 is 0 Å². The molecule has 0 spiro atoms. The number of hydrogen-bond donors (Lipinski definition) is 0. The first-order valence-electron chi connectivity index (χ1n) is 8.55. The molecule has 0 aromatic heterocycles. The second kappa shape index (κ2) is 6.27. The molecule has 4 atom stereocenters. The topological polar surface area (TPSA) is 27.0 Å². The molecule has 0 aromatic rings. The number of nitriles is 1. The van der Waals surface area contributed by atoms with E-state index in [9.17, 15) is 5.26 Å². The molecular formula is C17H28N2. The van der Waals surface area contributed by atoms with Crippen molar-refractivity contribution in [3.05, 3.63) is 0 Å². The standard InChI is InChI=1S/C17H28N2/c18-13-15-8-2-1-3-10-17(15)19-12-6-9-14-7-4-5-11-16(14)19/h14-17H,1-12H2. The molecule has 0 bridgehead atoms. The molecule has 0 radical (unpaired) electrons. The Hall–Kier alpha value is -0.550. The van der Waals surface area contributed by atoms with Gasteiger partial charge in [-0.05, 0) is 51.0 Å². The van der Waals surface area contributed by atoms with E-state index in [0.717, 1.165) is 18.4 Å². The Labute approximate surface area is 118 Å². The van der Waals surface area contributed by atoms with Crippen molar-refractivity contribution in [3.63, 3.8) is 0 Å². The van der Waals surface area contributed by atoms with E-state index in [4.69, 9.17) is 0 Å². The summed E-state index contributed by atoms with van der Waals surface area (Å²) < 4.78 is 0. The van der Waals surface area contributed by atoms with Crippen LogP contribution in [0.5, 0.6) is 0 Å². The van der Waals surface area contributed by atoms with Crippen LogP contribution in [0.25, 0.3) is 0 Å². The molecule has 1 aliphatic heterocycles. The summed E-state index contributed by atoms with van der Waals surface area (Å²) in [4.78, 5) is 2.80. The highest BCUT2D eigenvalue weighted by Gasteiger charge is 2.39. The molecule has 4 unspecified atom stereocenters. The predicted molar refractivity (Wildman–Crippen MR) is 77.7 cm³/mol. The summed E-state index contributed by atoms with van der Waals surface area (Å²) in [6.07, 6.45) is 14.9. The van der Waals surface area contributed by atoms with E-state index in [1.807, 2.05) is 0 Å². The predicted octanol–water partition coefficient (Wildman–Crippen LogP) is 4.11. The Bertz CT molecular complexity index is 331. The maximum atomic E-state index is 9.54. The fraction of sp³-hybridized carbons (Fsp3) is 0.941. The average molecular weight is 260 g/mol. The van der Waals surface area contributed by atoms with Gasteiger partial charge >= 0.3 is 0 Å². The van der Waals surface area contributed by atoms with Crippen molar-refractivity contribution >= 4 is 0 Å². The molecule has 2 nitrogen and oxygen atoms in total. The lowest BCUT2D eigenvalue weighted by Crippen LogP contribution is -2.53. The van der Waals surface area contributed by atoms with E-state index in [2.05, 4.69) is 11.0 Å². The van der Waals surface area contributed by atoms with Crippen LogP contribution in [0.4, 0.5) is 0 Å². The number of fused-ring (bicyclic) bond motifs is 1. The molecular weight excluding hydrogens is 232 g/mol. The maximum Gasteiger partial charge on any atom is 0.0672 e. The minimum Gasteiger partial charge on any atom is -0.296 e. The van der Waals surface area contributed by atoms with Crippen LogP contribution in [0.1, 0.15) is 70.6 Å². The Morgan fingerprint density at radius 2 is 1.42 bits per heavy atom. The van der Waals surface area contributed by atoms with E-state index in [-0.39, 0.29) is 0 Å². The largest absolute Gasteiger partial charge is 0.296 e. The molecule has 106 valence electrons. The molecule has 3 aliphatic rings. The highest BCUT2D eigenvalue weighted by molar-refractivity contribution is 4.99. The smallest absolute Gasteiger partial charge is 0.0672 e. The molecule has 1 saturated heterocycles. The molecule has 3 fully saturated rings. The first-order chi connectivity index (χ1) is 9.40. The fourth-order valence-electron chi connectivity index (χ4n) is 4.91. The highest BCUT2D eigenvalue weighted by Crippen LogP contribution is 2.39. The second-order valence-electron chi connectivity index (χ2n) is 6.93. The van der Waals surface area contributed by atoms with Crippen LogP contribution in [0.3, 0.4) is 0 Å². The van der Waals surface area contributed by atoms with Gasteiger partial charge in [-0.1, -0.05) is 32.1 Å². The van der Waals surface area contributed by atoms with Gasteiger partial charge in [0.05, 0.1) is 12.0 Å². The van der Waals surface area contributed by atoms with Crippen LogP contribution in [-0.2, 0) is 0 Å². The maximum absolute atomic E-state index is 9.54. The molecule has 0 N–H and O–H groups in total. The molecule has 0 amide bonds. The number of rotatable bonds is 1. The quantitative estimate of drug-likeness (QED) is 0.663. The van der Waals surface area contributed by atoms with Gasteiger partial charge in [0.15, 0.2) is 0 Å². The first-order valence-corrected chi connectivity index (χ1v) is 8.55. The summed E-state index contributed by atoms with van der Waals surface area (Å²) >= 11 is 0. The molecule has 19 heavy (non-hydrogen) atoms. The van der Waals surface area contributed by atoms with Crippen molar-refractivity contribution in [2.45, 2.75) is 82.7 Å². The van der Waals surface area contributed by atoms with Crippen LogP contribution in [0.2, 0.25) is 0 Å². The fourth-order valence-corrected chi connectivity index (χ4v) is 4.91. The van der Waals surface area contributed by atoms with Gasteiger partial charge in [0.25, 0.3) is 0 Å². The Kier molecular flexibility index (Phi) is 4.43. The van der Waals surface area contributed by atoms with Crippen molar-refractivity contribution in [1.82, 2.24) is 4.90 Å². The lowest BCUT2D eigenvalue weighted by atomic mass is 9.76. The summed E-state index contributed by atoms with van der Waals surface area (Å²) in [7, 11) is 0. The van der Waals surface area contributed by atoms with Gasteiger partial charge in [0, 0.05) is 12.1 Å². The summed E-state index contributed by atoms with van der Waals surface area (Å²) in [5, 5.41) is 9.54. The van der Waals surface area contributed by atoms with Gasteiger partial charge in [-0.25, -0.2) is 0 Å². The van der Waals surface area contributed by atoms with E-state index in [1.54, 1.807) is 0 Å². The second-order valence-corrected chi connectivity index (χ2v) is 6.93. The van der Waals surface area contributed by atoms with Crippen LogP contribution in [0, 0.1) is 23.2 Å². The van der Waals surface area contributed by atoms with Crippen LogP contribution < -0.4 is 0 Å². The minimum absolute atomic E-state index is 0.308. The van der Waals surface area contributed by atoms with Crippen molar-refractivity contribution in [3.8, 4) is 6.07 Å². The van der Waals surface area contributed by atoms with Gasteiger partial charge in [-0.15, -0.1) is 0 Å². The average Bonchev–Trinajstić information content (AvgIpc) is 2.71. The van der Waals surface area contributed by atoms with E-state index in [0.29, 0.717) is 12.0 Å². The number of piperidine rings is 1. The van der Waals surface area contributed by atoms with E-state index >= 15 is 0 Å². The molecule has 2 saturated carbocycles. The molecule has 2 heteroatoms. The SMILES string of the molecule is N#CC1CCCCCC1N1CCCC2CCCCC21. The van der Waals surface area contributed by atoms with Crippen molar-refractivity contribution in [2.75, 3.05) is 6.54 Å². The zero-order valence-electron chi connectivity index (χ0n) is 12.2. The Morgan fingerprint density at radius 1 is 0.737 bits per heavy atom. The van der Waals surface area contributed by atoms with E-state index < -0.39 is 0 Å². The molecule has 2 aliphatic carbocycles. The lowest BCUT2D eigenvalue weighted by molar-refractivity contribution is 0.0102. The summed E-state index contributed by atoms with van der Waals surface area (Å²) in [6.45, 7) is 1.27. The monoisotopic (exact) mass is 260 g/mol. The van der Waals surface area contributed by atoms with Crippen molar-refractivity contribution < 1.29 is 0 Å². The van der Waals surface area contributed by atoms with E-state index in [1.165, 1.54) is 70.8 Å². The van der Waals surface area contributed by atoms with Crippen LogP contribution in [0.15, 0.2) is 0 Å². The number of hydrogen-bond acceptors (Lipinski definition) is 2. The zero-order chi connectivity index (χ0) is 13.1. The minimum atomic E-state index is 0.308. The van der Waals surface area contributed by atoms with Gasteiger partial charge in [0.1, 0.15) is 0 Å². The Morgan fingerprint density at radius 3 is 2.32 bits per heavy atom. The molecule has 0 aromatic carbocycles. The molecule has 3 rings (SSSR count). The van der Waals surface area contributed by atoms with Crippen LogP contribution in [-0.4, -0.2) is 23.5 Å². The Balaban J connectivity index is 1.76. The summed E-state index contributed by atoms with van der Waals surface area (Å²) in [5.74, 6) is 1.26. The lowest BCUT2D eigenvalue weighted by Gasteiger charge is -2.48. The van der Waals surface area contributed by atoms with Crippen molar-refractivity contribution in [2.24, 2.45) is 11.8 Å². The third-order valence-electron chi connectivity index (χ3n) is 5.86. The van der Waals surface area contributed by atoms with Gasteiger partial charge in [-0.2, -0.15) is 5.26 Å². The summed E-state index contributed by atoms with van der Waals surface area (Å²) in [5.41, 5.74) is 0. The number of nitrogens with zero attached hydrogens (tertiary/aromatic N) is 2. The number of likely N-dealkylation sites (tertiary alicyclic amines) is 1. The van der Waals surface area contributed by atoms with Crippen molar-refractivity contribution in [1.29, 1.82) is 5.26 Å². The normalized spacial score (nSPS) is 41.0. The first kappa shape index (κ1) is 13.4. The highest BCUT2D eigenvalue weighted by atomic mass is 15.2. The van der Waals surface area contributed by atoms with Gasteiger partial charge in [0.2, 0.25) is 0 Å². The molecule has 1 heterocycles. The summed E-state index contributed by atoms with van der Waals surface area (Å²) in [6, 6.07) is 4.05. The third kappa shape index (κ3) is 2.82. The zero-order valence-corrected chi connectivity index (χ0v) is 12.2. The van der Waals surface area contributed by atoms with Crippen LogP contribution >= 0.6 is 0 Å². The third-order valence-corrected chi connectivity index (χ3v) is 5.86. The van der Waals surface area contributed by atoms with Gasteiger partial charge in [-0.3, -0.25) is 4.90 Å².